The minimum absolute atomic E-state index is 0.0395. The Balaban J connectivity index is 2.04. The van der Waals surface area contributed by atoms with Gasteiger partial charge >= 0.3 is 6.18 Å². The Morgan fingerprint density at radius 3 is 2.30 bits per heavy atom. The van der Waals surface area contributed by atoms with Crippen molar-refractivity contribution in [2.75, 3.05) is 0 Å². The van der Waals surface area contributed by atoms with Gasteiger partial charge in [0, 0.05) is 17.1 Å². The van der Waals surface area contributed by atoms with Crippen LogP contribution in [0.3, 0.4) is 0 Å². The fourth-order valence-electron chi connectivity index (χ4n) is 3.24. The molecule has 0 aliphatic rings. The zero-order valence-corrected chi connectivity index (χ0v) is 16.3. The Morgan fingerprint density at radius 1 is 0.967 bits per heavy atom. The third kappa shape index (κ3) is 3.35. The number of benzene rings is 2. The van der Waals surface area contributed by atoms with Crippen LogP contribution in [-0.2, 0) is 16.2 Å². The van der Waals surface area contributed by atoms with Crippen molar-refractivity contribution in [3.63, 3.8) is 0 Å². The van der Waals surface area contributed by atoms with E-state index in [-0.39, 0.29) is 27.1 Å². The Kier molecular flexibility index (Phi) is 4.65. The first-order chi connectivity index (χ1) is 14.1. The summed E-state index contributed by atoms with van der Waals surface area (Å²) in [6, 6.07) is 11.7. The highest BCUT2D eigenvalue weighted by Crippen LogP contribution is 2.40. The molecule has 0 aliphatic carbocycles. The van der Waals surface area contributed by atoms with Gasteiger partial charge in [-0.3, -0.25) is 0 Å². The van der Waals surface area contributed by atoms with E-state index in [0.717, 1.165) is 34.1 Å². The molecular formula is C21H14F4N2O2S. The van der Waals surface area contributed by atoms with Gasteiger partial charge in [-0.05, 0) is 36.8 Å². The Morgan fingerprint density at radius 2 is 1.63 bits per heavy atom. The molecule has 0 bridgehead atoms. The van der Waals surface area contributed by atoms with E-state index in [4.69, 9.17) is 0 Å². The molecule has 0 saturated heterocycles. The molecule has 0 fully saturated rings. The van der Waals surface area contributed by atoms with E-state index in [0.29, 0.717) is 0 Å². The van der Waals surface area contributed by atoms with Gasteiger partial charge in [-0.25, -0.2) is 21.8 Å². The molecule has 2 heterocycles. The van der Waals surface area contributed by atoms with Crippen LogP contribution in [-0.4, -0.2) is 17.4 Å². The van der Waals surface area contributed by atoms with Crippen LogP contribution in [0.1, 0.15) is 11.1 Å². The number of pyridine rings is 1. The van der Waals surface area contributed by atoms with E-state index in [1.807, 2.05) is 0 Å². The summed E-state index contributed by atoms with van der Waals surface area (Å²) in [5, 5.41) is -0.0395. The number of halogens is 4. The first-order valence-corrected chi connectivity index (χ1v) is 10.2. The van der Waals surface area contributed by atoms with Crippen LogP contribution in [0.15, 0.2) is 71.9 Å². The maximum absolute atomic E-state index is 13.9. The summed E-state index contributed by atoms with van der Waals surface area (Å²) in [7, 11) is -4.18. The summed E-state index contributed by atoms with van der Waals surface area (Å²) in [6.07, 6.45) is -2.80. The molecule has 4 rings (SSSR count). The normalized spacial score (nSPS) is 12.4. The lowest BCUT2D eigenvalue weighted by atomic mass is 9.99. The highest BCUT2D eigenvalue weighted by Gasteiger charge is 2.34. The first-order valence-electron chi connectivity index (χ1n) is 8.74. The van der Waals surface area contributed by atoms with Gasteiger partial charge in [0.2, 0.25) is 0 Å². The number of aryl methyl sites for hydroxylation is 1. The number of hydrogen-bond donors (Lipinski definition) is 0. The van der Waals surface area contributed by atoms with Crippen LogP contribution in [0.25, 0.3) is 22.2 Å². The summed E-state index contributed by atoms with van der Waals surface area (Å²) in [4.78, 5) is 3.79. The summed E-state index contributed by atoms with van der Waals surface area (Å²) in [5.74, 6) is -0.793. The van der Waals surface area contributed by atoms with Crippen molar-refractivity contribution >= 4 is 21.1 Å². The third-order valence-electron chi connectivity index (χ3n) is 4.68. The highest BCUT2D eigenvalue weighted by molar-refractivity contribution is 7.90. The van der Waals surface area contributed by atoms with Crippen molar-refractivity contribution in [2.45, 2.75) is 18.0 Å². The largest absolute Gasteiger partial charge is 0.417 e. The summed E-state index contributed by atoms with van der Waals surface area (Å²) in [5.41, 5.74) is -0.628. The number of nitrogens with zero attached hydrogens (tertiary/aromatic N) is 2. The molecule has 0 unspecified atom stereocenters. The van der Waals surface area contributed by atoms with E-state index < -0.39 is 27.6 Å². The van der Waals surface area contributed by atoms with Crippen molar-refractivity contribution in [3.8, 4) is 11.1 Å². The fraction of sp³-hybridized carbons (Fsp3) is 0.0952. The smallest absolute Gasteiger partial charge is 0.234 e. The molecule has 4 nitrogen and oxygen atoms in total. The zero-order chi connectivity index (χ0) is 21.7. The minimum Gasteiger partial charge on any atom is -0.234 e. The molecule has 30 heavy (non-hydrogen) atoms. The second-order valence-corrected chi connectivity index (χ2v) is 8.54. The lowest BCUT2D eigenvalue weighted by Gasteiger charge is -2.12. The molecule has 0 spiro atoms. The monoisotopic (exact) mass is 434 g/mol. The lowest BCUT2D eigenvalue weighted by molar-refractivity contribution is -0.137. The van der Waals surface area contributed by atoms with Crippen molar-refractivity contribution in [1.82, 2.24) is 8.96 Å². The number of rotatable bonds is 3. The second-order valence-electron chi connectivity index (χ2n) is 6.72. The molecule has 0 N–H and O–H groups in total. The third-order valence-corrected chi connectivity index (χ3v) is 6.34. The van der Waals surface area contributed by atoms with Crippen LogP contribution in [0, 0.1) is 12.7 Å². The first kappa shape index (κ1) is 20.1. The lowest BCUT2D eigenvalue weighted by Crippen LogP contribution is -2.12. The van der Waals surface area contributed by atoms with Gasteiger partial charge in [-0.15, -0.1) is 0 Å². The van der Waals surface area contributed by atoms with Gasteiger partial charge in [0.05, 0.1) is 16.7 Å². The molecule has 0 aliphatic heterocycles. The number of alkyl halides is 3. The van der Waals surface area contributed by atoms with Gasteiger partial charge in [-0.2, -0.15) is 13.2 Å². The predicted octanol–water partition coefficient (Wildman–Crippen LogP) is 5.41. The molecule has 4 aromatic rings. The highest BCUT2D eigenvalue weighted by atomic mass is 32.2. The molecule has 2 aromatic carbocycles. The topological polar surface area (TPSA) is 52.0 Å². The molecular weight excluding hydrogens is 420 g/mol. The molecule has 0 amide bonds. The Bertz CT molecular complexity index is 1360. The van der Waals surface area contributed by atoms with E-state index in [1.165, 1.54) is 30.3 Å². The Hall–Kier alpha value is -3.20. The molecule has 0 atom stereocenters. The zero-order valence-electron chi connectivity index (χ0n) is 15.5. The number of hydrogen-bond acceptors (Lipinski definition) is 3. The van der Waals surface area contributed by atoms with Crippen LogP contribution in [0.2, 0.25) is 0 Å². The average Bonchev–Trinajstić information content (AvgIpc) is 3.07. The number of aromatic nitrogens is 2. The molecule has 0 radical (unpaired) electrons. The molecule has 2 aromatic heterocycles. The van der Waals surface area contributed by atoms with Gasteiger partial charge < -0.3 is 0 Å². The van der Waals surface area contributed by atoms with Crippen LogP contribution in [0.4, 0.5) is 17.6 Å². The predicted molar refractivity (Wildman–Crippen MR) is 104 cm³/mol. The van der Waals surface area contributed by atoms with Gasteiger partial charge in [-0.1, -0.05) is 35.9 Å². The van der Waals surface area contributed by atoms with E-state index >= 15 is 0 Å². The van der Waals surface area contributed by atoms with Crippen LogP contribution < -0.4 is 0 Å². The fourth-order valence-corrected chi connectivity index (χ4v) is 4.57. The number of fused-ring (bicyclic) bond motifs is 1. The van der Waals surface area contributed by atoms with Crippen molar-refractivity contribution in [1.29, 1.82) is 0 Å². The van der Waals surface area contributed by atoms with Crippen molar-refractivity contribution in [2.24, 2.45) is 0 Å². The molecule has 9 heteroatoms. The minimum atomic E-state index is -4.68. The summed E-state index contributed by atoms with van der Waals surface area (Å²) >= 11 is 0. The molecule has 0 saturated carbocycles. The van der Waals surface area contributed by atoms with E-state index in [1.54, 1.807) is 19.1 Å². The van der Waals surface area contributed by atoms with Crippen LogP contribution in [0.5, 0.6) is 0 Å². The van der Waals surface area contributed by atoms with E-state index in [9.17, 15) is 26.0 Å². The van der Waals surface area contributed by atoms with Crippen molar-refractivity contribution in [3.05, 3.63) is 83.9 Å². The van der Waals surface area contributed by atoms with Crippen LogP contribution >= 0.6 is 0 Å². The summed E-state index contributed by atoms with van der Waals surface area (Å²) in [6.45, 7) is 1.79. The maximum Gasteiger partial charge on any atom is 0.417 e. The van der Waals surface area contributed by atoms with Gasteiger partial charge in [0.1, 0.15) is 5.82 Å². The molecule has 154 valence electrons. The standard InChI is InChI=1S/C21H14F4N2O2S/c1-13-6-8-15(9-7-13)30(28,29)27-12-18(17-10-14(22)11-26-20(17)27)16-4-2-3-5-19(16)21(23,24)25/h2-12H,1H3. The van der Waals surface area contributed by atoms with Crippen molar-refractivity contribution < 1.29 is 26.0 Å². The second kappa shape index (κ2) is 6.94. The van der Waals surface area contributed by atoms with E-state index in [2.05, 4.69) is 4.98 Å². The maximum atomic E-state index is 13.9. The van der Waals surface area contributed by atoms with Gasteiger partial charge in [0.25, 0.3) is 10.0 Å². The quantitative estimate of drug-likeness (QED) is 0.406. The Labute approximate surface area is 169 Å². The summed E-state index contributed by atoms with van der Waals surface area (Å²) < 4.78 is 81.7. The SMILES string of the molecule is Cc1ccc(S(=O)(=O)n2cc(-c3ccccc3C(F)(F)F)c3cc(F)cnc32)cc1. The average molecular weight is 434 g/mol. The van der Waals surface area contributed by atoms with Gasteiger partial charge in [0.15, 0.2) is 5.65 Å².